The quantitative estimate of drug-likeness (QED) is 0.592. The van der Waals surface area contributed by atoms with Crippen molar-refractivity contribution in [3.05, 3.63) is 35.4 Å². The van der Waals surface area contributed by atoms with Gasteiger partial charge in [0.2, 0.25) is 5.91 Å². The molecule has 1 saturated carbocycles. The Labute approximate surface area is 216 Å². The maximum absolute atomic E-state index is 13.5. The lowest BCUT2D eigenvalue weighted by atomic mass is 9.72. The first-order valence-electron chi connectivity index (χ1n) is 13.6. The number of nitrogens with one attached hydrogen (secondary N) is 1. The van der Waals surface area contributed by atoms with E-state index in [0.29, 0.717) is 44.8 Å². The Bertz CT molecular complexity index is 901. The van der Waals surface area contributed by atoms with Crippen molar-refractivity contribution < 1.29 is 19.1 Å². The summed E-state index contributed by atoms with van der Waals surface area (Å²) in [4.78, 5) is 32.5. The lowest BCUT2D eigenvalue weighted by Gasteiger charge is -2.49. The number of hydrogen-bond acceptors (Lipinski definition) is 6. The number of rotatable bonds is 8. The van der Waals surface area contributed by atoms with Gasteiger partial charge in [-0.15, -0.1) is 0 Å². The third-order valence-corrected chi connectivity index (χ3v) is 8.21. The first-order chi connectivity index (χ1) is 17.3. The maximum atomic E-state index is 13.5. The molecule has 4 rings (SSSR count). The summed E-state index contributed by atoms with van der Waals surface area (Å²) < 4.78 is 12.0. The van der Waals surface area contributed by atoms with Crippen LogP contribution in [0, 0.1) is 11.8 Å². The highest BCUT2D eigenvalue weighted by Crippen LogP contribution is 2.45. The van der Waals surface area contributed by atoms with Gasteiger partial charge in [0, 0.05) is 45.1 Å². The van der Waals surface area contributed by atoms with Crippen LogP contribution in [0.15, 0.2) is 24.3 Å². The van der Waals surface area contributed by atoms with Crippen LogP contribution in [0.25, 0.3) is 0 Å². The summed E-state index contributed by atoms with van der Waals surface area (Å²) in [6.45, 7) is 5.73. The number of ether oxygens (including phenoxy) is 2. The summed E-state index contributed by atoms with van der Waals surface area (Å²) >= 11 is 0. The number of hydrogen-bond donors (Lipinski definition) is 1. The first kappa shape index (κ1) is 27.0. The second-order valence-electron chi connectivity index (χ2n) is 10.9. The molecule has 1 aromatic carbocycles. The molecule has 3 amide bonds. The van der Waals surface area contributed by atoms with Crippen LogP contribution in [0.2, 0.25) is 0 Å². The van der Waals surface area contributed by atoms with Crippen molar-refractivity contribution in [1.82, 2.24) is 20.0 Å². The molecule has 2 saturated heterocycles. The number of nitrogens with zero attached hydrogens (tertiary/aromatic N) is 3. The van der Waals surface area contributed by atoms with Crippen molar-refractivity contribution >= 4 is 11.9 Å². The number of likely N-dealkylation sites (tertiary alicyclic amines) is 1. The molecule has 0 radical (unpaired) electrons. The monoisotopic (exact) mass is 500 g/mol. The zero-order valence-electron chi connectivity index (χ0n) is 22.5. The molecule has 0 bridgehead atoms. The van der Waals surface area contributed by atoms with Crippen molar-refractivity contribution in [1.29, 1.82) is 0 Å². The van der Waals surface area contributed by atoms with E-state index < -0.39 is 5.79 Å². The zero-order valence-corrected chi connectivity index (χ0v) is 22.5. The van der Waals surface area contributed by atoms with E-state index in [4.69, 9.17) is 9.47 Å². The molecule has 8 heteroatoms. The van der Waals surface area contributed by atoms with Gasteiger partial charge in [-0.2, -0.15) is 0 Å². The number of amides is 3. The average molecular weight is 501 g/mol. The van der Waals surface area contributed by atoms with E-state index in [1.54, 1.807) is 0 Å². The largest absolute Gasteiger partial charge is 0.348 e. The third-order valence-electron chi connectivity index (χ3n) is 8.21. The van der Waals surface area contributed by atoms with Gasteiger partial charge in [0.1, 0.15) is 0 Å². The highest BCUT2D eigenvalue weighted by molar-refractivity contribution is 5.95. The Morgan fingerprint density at radius 1 is 1.14 bits per heavy atom. The predicted molar refractivity (Wildman–Crippen MR) is 140 cm³/mol. The molecule has 0 aromatic heterocycles. The Balaban J connectivity index is 1.32. The van der Waals surface area contributed by atoms with Crippen LogP contribution in [0.3, 0.4) is 0 Å². The molecule has 3 aliphatic rings. The summed E-state index contributed by atoms with van der Waals surface area (Å²) in [5, 5.41) is 3.00. The number of piperidine rings is 1. The number of imide groups is 1. The number of carbonyl (C=O) groups excluding carboxylic acids is 2. The van der Waals surface area contributed by atoms with E-state index in [9.17, 15) is 9.59 Å². The van der Waals surface area contributed by atoms with Gasteiger partial charge in [0.05, 0.1) is 19.1 Å². The van der Waals surface area contributed by atoms with Gasteiger partial charge >= 0.3 is 6.03 Å². The molecule has 1 aromatic rings. The van der Waals surface area contributed by atoms with Gasteiger partial charge in [-0.1, -0.05) is 24.3 Å². The minimum absolute atomic E-state index is 0.0698. The van der Waals surface area contributed by atoms with Crippen LogP contribution >= 0.6 is 0 Å². The van der Waals surface area contributed by atoms with Crippen LogP contribution < -0.4 is 5.32 Å². The molecule has 36 heavy (non-hydrogen) atoms. The standard InChI is InChI=1S/C28H44N4O4/c1-5-32(27(34)29-14-11-21-8-6-7-9-22(21)12-15-30(2)3)26(33)24-18-23-19-28(35-16-17-36-28)13-10-25(23)31(4)20-24/h6-9,23-25H,5,10-20H2,1-4H3,(H,29,34)/t23-,24-,25-/m1/s1. The fraction of sp³-hybridized carbons (Fsp3) is 0.714. The highest BCUT2D eigenvalue weighted by Gasteiger charge is 2.49. The topological polar surface area (TPSA) is 74.4 Å². The number of benzene rings is 1. The molecular weight excluding hydrogens is 456 g/mol. The van der Waals surface area contributed by atoms with E-state index >= 15 is 0 Å². The fourth-order valence-electron chi connectivity index (χ4n) is 6.33. The lowest BCUT2D eigenvalue weighted by molar-refractivity contribution is -0.202. The Morgan fingerprint density at radius 2 is 1.83 bits per heavy atom. The smallest absolute Gasteiger partial charge is 0.324 e. The summed E-state index contributed by atoms with van der Waals surface area (Å²) in [6, 6.07) is 8.55. The van der Waals surface area contributed by atoms with Crippen molar-refractivity contribution in [2.75, 3.05) is 60.5 Å². The van der Waals surface area contributed by atoms with Gasteiger partial charge in [0.15, 0.2) is 5.79 Å². The van der Waals surface area contributed by atoms with Crippen LogP contribution in [0.4, 0.5) is 4.79 Å². The van der Waals surface area contributed by atoms with Crippen molar-refractivity contribution in [2.24, 2.45) is 11.8 Å². The Kier molecular flexibility index (Phi) is 9.04. The molecule has 3 fully saturated rings. The molecular formula is C28H44N4O4. The minimum Gasteiger partial charge on any atom is -0.348 e. The SMILES string of the molecule is CCN(C(=O)NCCc1ccccc1CCN(C)C)C(=O)[C@@H]1C[C@@H]2CC3(CC[C@H]2N(C)C1)OCCO3. The molecule has 2 aliphatic heterocycles. The number of fused-ring (bicyclic) bond motifs is 1. The van der Waals surface area contributed by atoms with Gasteiger partial charge < -0.3 is 24.6 Å². The summed E-state index contributed by atoms with van der Waals surface area (Å²) in [5.74, 6) is -0.382. The number of likely N-dealkylation sites (N-methyl/N-ethyl adjacent to an activating group) is 1. The van der Waals surface area contributed by atoms with Gasteiger partial charge in [-0.3, -0.25) is 9.69 Å². The molecule has 8 nitrogen and oxygen atoms in total. The van der Waals surface area contributed by atoms with E-state index in [0.717, 1.165) is 45.1 Å². The molecule has 200 valence electrons. The van der Waals surface area contributed by atoms with Crippen molar-refractivity contribution in [3.63, 3.8) is 0 Å². The predicted octanol–water partition coefficient (Wildman–Crippen LogP) is 2.75. The molecule has 1 spiro atoms. The van der Waals surface area contributed by atoms with Gasteiger partial charge in [-0.25, -0.2) is 4.79 Å². The summed E-state index contributed by atoms with van der Waals surface area (Å²) in [5.41, 5.74) is 2.56. The van der Waals surface area contributed by atoms with Crippen LogP contribution in [0.5, 0.6) is 0 Å². The van der Waals surface area contributed by atoms with Crippen molar-refractivity contribution in [2.45, 2.75) is 57.3 Å². The third kappa shape index (κ3) is 6.28. The van der Waals surface area contributed by atoms with Gasteiger partial charge in [-0.05, 0) is 70.8 Å². The summed E-state index contributed by atoms with van der Waals surface area (Å²) in [7, 11) is 6.26. The maximum Gasteiger partial charge on any atom is 0.324 e. The van der Waals surface area contributed by atoms with Crippen molar-refractivity contribution in [3.8, 4) is 0 Å². The Morgan fingerprint density at radius 3 is 2.50 bits per heavy atom. The van der Waals surface area contributed by atoms with E-state index in [2.05, 4.69) is 54.5 Å². The van der Waals surface area contributed by atoms with E-state index in [1.807, 2.05) is 13.0 Å². The first-order valence-corrected chi connectivity index (χ1v) is 13.6. The fourth-order valence-corrected chi connectivity index (χ4v) is 6.33. The average Bonchev–Trinajstić information content (AvgIpc) is 3.30. The minimum atomic E-state index is -0.461. The van der Waals surface area contributed by atoms with Gasteiger partial charge in [0.25, 0.3) is 0 Å². The van der Waals surface area contributed by atoms with Crippen LogP contribution in [0.1, 0.15) is 43.7 Å². The number of urea groups is 1. The molecule has 2 heterocycles. The van der Waals surface area contributed by atoms with Crippen LogP contribution in [-0.4, -0.2) is 99.0 Å². The molecule has 1 N–H and O–H groups in total. The molecule has 0 unspecified atom stereocenters. The highest BCUT2D eigenvalue weighted by atomic mass is 16.7. The molecule has 1 aliphatic carbocycles. The zero-order chi connectivity index (χ0) is 25.7. The summed E-state index contributed by atoms with van der Waals surface area (Å²) in [6.07, 6.45) is 5.28. The molecule has 3 atom stereocenters. The van der Waals surface area contributed by atoms with E-state index in [-0.39, 0.29) is 17.9 Å². The van der Waals surface area contributed by atoms with Crippen LogP contribution in [-0.2, 0) is 27.1 Å². The van der Waals surface area contributed by atoms with E-state index in [1.165, 1.54) is 16.0 Å². The normalized spacial score (nSPS) is 25.6. The second-order valence-corrected chi connectivity index (χ2v) is 10.9. The lowest BCUT2D eigenvalue weighted by Crippen LogP contribution is -2.57. The Hall–Kier alpha value is -2.00. The number of carbonyl (C=O) groups is 2. The second kappa shape index (κ2) is 12.0.